The van der Waals surface area contributed by atoms with Crippen molar-refractivity contribution in [2.24, 2.45) is 0 Å². The first kappa shape index (κ1) is 20.3. The minimum absolute atomic E-state index is 0.0579. The lowest BCUT2D eigenvalue weighted by molar-refractivity contribution is -0.384. The number of nitrogens with zero attached hydrogens (tertiary/aromatic N) is 3. The smallest absolute Gasteiger partial charge is 0.346 e. The molecule has 29 heavy (non-hydrogen) atoms. The number of benzene rings is 2. The van der Waals surface area contributed by atoms with Crippen molar-refractivity contribution in [2.45, 2.75) is 11.8 Å². The molecule has 0 radical (unpaired) electrons. The number of hydrogen-bond acceptors (Lipinski definition) is 8. The minimum atomic E-state index is -4.12. The van der Waals surface area contributed by atoms with Gasteiger partial charge in [-0.3, -0.25) is 10.1 Å². The van der Waals surface area contributed by atoms with E-state index in [1.54, 1.807) is 19.1 Å². The van der Waals surface area contributed by atoms with Crippen LogP contribution in [0.15, 0.2) is 53.4 Å². The molecule has 0 bridgehead atoms. The number of anilines is 1. The van der Waals surface area contributed by atoms with Crippen LogP contribution in [-0.4, -0.2) is 28.5 Å². The van der Waals surface area contributed by atoms with Crippen LogP contribution in [0.5, 0.6) is 5.88 Å². The number of aromatic nitrogens is 2. The van der Waals surface area contributed by atoms with Crippen molar-refractivity contribution in [3.05, 3.63) is 74.8 Å². The number of carbonyl (C=O) groups is 1. The number of rotatable bonds is 5. The first-order valence-corrected chi connectivity index (χ1v) is 9.75. The van der Waals surface area contributed by atoms with E-state index in [2.05, 4.69) is 5.10 Å². The number of halogens is 1. The van der Waals surface area contributed by atoms with Crippen molar-refractivity contribution >= 4 is 39.1 Å². The Morgan fingerprint density at radius 2 is 1.86 bits per heavy atom. The molecule has 3 rings (SSSR count). The summed E-state index contributed by atoms with van der Waals surface area (Å²) >= 11 is 5.89. The number of nitrogen functional groups attached to an aromatic ring is 1. The zero-order chi connectivity index (χ0) is 21.3. The van der Waals surface area contributed by atoms with Gasteiger partial charge in [-0.15, -0.1) is 9.19 Å². The normalized spacial score (nSPS) is 11.2. The monoisotopic (exact) mass is 436 g/mol. The Morgan fingerprint density at radius 1 is 1.21 bits per heavy atom. The number of hydrogen-bond donors (Lipinski definition) is 1. The van der Waals surface area contributed by atoms with Crippen LogP contribution >= 0.6 is 11.6 Å². The zero-order valence-corrected chi connectivity index (χ0v) is 16.3. The van der Waals surface area contributed by atoms with Crippen molar-refractivity contribution in [1.82, 2.24) is 9.19 Å². The summed E-state index contributed by atoms with van der Waals surface area (Å²) in [5.41, 5.74) is 5.93. The fourth-order valence-electron chi connectivity index (χ4n) is 2.34. The van der Waals surface area contributed by atoms with Gasteiger partial charge in [0.05, 0.1) is 20.4 Å². The van der Waals surface area contributed by atoms with Crippen LogP contribution in [0.25, 0.3) is 0 Å². The molecule has 0 aliphatic heterocycles. The van der Waals surface area contributed by atoms with E-state index in [1.807, 2.05) is 0 Å². The molecule has 0 spiro atoms. The number of nitro groups is 1. The highest BCUT2D eigenvalue weighted by Gasteiger charge is 2.24. The highest BCUT2D eigenvalue weighted by molar-refractivity contribution is 7.90. The van der Waals surface area contributed by atoms with E-state index >= 15 is 0 Å². The molecule has 12 heteroatoms. The number of non-ortho nitro benzene ring substituents is 1. The molecule has 0 aliphatic carbocycles. The number of nitrogens with two attached hydrogens (primary N) is 1. The number of aryl methyl sites for hydroxylation is 1. The minimum Gasteiger partial charge on any atom is -0.402 e. The van der Waals surface area contributed by atoms with Crippen LogP contribution in [0.3, 0.4) is 0 Å². The predicted molar refractivity (Wildman–Crippen MR) is 103 cm³/mol. The Balaban J connectivity index is 1.91. The summed E-state index contributed by atoms with van der Waals surface area (Å²) in [6.45, 7) is 1.80. The van der Waals surface area contributed by atoms with Gasteiger partial charge in [-0.25, -0.2) is 4.79 Å². The maximum atomic E-state index is 12.7. The summed E-state index contributed by atoms with van der Waals surface area (Å²) in [7, 11) is -4.12. The molecule has 1 aromatic heterocycles. The van der Waals surface area contributed by atoms with Crippen molar-refractivity contribution in [1.29, 1.82) is 0 Å². The lowest BCUT2D eigenvalue weighted by atomic mass is 10.2. The highest BCUT2D eigenvalue weighted by atomic mass is 35.5. The highest BCUT2D eigenvalue weighted by Crippen LogP contribution is 2.25. The van der Waals surface area contributed by atoms with Gasteiger partial charge in [0, 0.05) is 18.2 Å². The van der Waals surface area contributed by atoms with Gasteiger partial charge < -0.3 is 10.5 Å². The second-order valence-corrected chi connectivity index (χ2v) is 8.05. The first-order valence-electron chi connectivity index (χ1n) is 7.93. The largest absolute Gasteiger partial charge is 0.402 e. The summed E-state index contributed by atoms with van der Waals surface area (Å²) in [5, 5.41) is 14.5. The van der Waals surface area contributed by atoms with Gasteiger partial charge in [-0.1, -0.05) is 29.3 Å². The fraction of sp³-hybridized carbons (Fsp3) is 0.0588. The van der Waals surface area contributed by atoms with E-state index in [0.29, 0.717) is 4.09 Å². The second kappa shape index (κ2) is 7.53. The van der Waals surface area contributed by atoms with Crippen LogP contribution in [0.4, 0.5) is 11.5 Å². The fourth-order valence-corrected chi connectivity index (χ4v) is 3.74. The Kier molecular flexibility index (Phi) is 5.27. The molecule has 0 saturated heterocycles. The number of esters is 1. The van der Waals surface area contributed by atoms with Gasteiger partial charge in [-0.2, -0.15) is 8.42 Å². The van der Waals surface area contributed by atoms with Crippen LogP contribution in [0.1, 0.15) is 15.9 Å². The topological polar surface area (TPSA) is 147 Å². The van der Waals surface area contributed by atoms with Gasteiger partial charge in [0.1, 0.15) is 5.82 Å². The maximum Gasteiger partial charge on any atom is 0.346 e. The van der Waals surface area contributed by atoms with Gasteiger partial charge in [-0.05, 0) is 25.1 Å². The Hall–Kier alpha value is -3.44. The molecular weight excluding hydrogens is 424 g/mol. The number of ether oxygens (including phenoxy) is 1. The van der Waals surface area contributed by atoms with E-state index in [1.165, 1.54) is 18.2 Å². The van der Waals surface area contributed by atoms with E-state index in [4.69, 9.17) is 22.1 Å². The average molecular weight is 437 g/mol. The second-order valence-electron chi connectivity index (χ2n) is 5.88. The molecule has 0 aliphatic rings. The number of carbonyl (C=O) groups excluding carboxylic acids is 1. The average Bonchev–Trinajstić information content (AvgIpc) is 3.03. The molecule has 0 unspecified atom stereocenters. The quantitative estimate of drug-likeness (QED) is 0.364. The standard InChI is InChI=1S/C17H13ClN4O6S/c1-10-2-5-12(6-3-10)29(26,27)21-15(19)9-16(20-21)28-17(23)13-8-11(22(24)25)4-7-14(13)18/h2-9H,19H2,1H3. The summed E-state index contributed by atoms with van der Waals surface area (Å²) < 4.78 is 30.9. The van der Waals surface area contributed by atoms with Crippen LogP contribution < -0.4 is 10.5 Å². The van der Waals surface area contributed by atoms with Crippen molar-refractivity contribution < 1.29 is 22.9 Å². The lowest BCUT2D eigenvalue weighted by Gasteiger charge is -2.06. The molecule has 0 saturated carbocycles. The van der Waals surface area contributed by atoms with Gasteiger partial charge in [0.2, 0.25) is 5.88 Å². The SMILES string of the molecule is Cc1ccc(S(=O)(=O)n2nc(OC(=O)c3cc([N+](=O)[O-])ccc3Cl)cc2N)cc1. The Bertz CT molecular complexity index is 1220. The lowest BCUT2D eigenvalue weighted by Crippen LogP contribution is -2.17. The zero-order valence-electron chi connectivity index (χ0n) is 14.8. The summed E-state index contributed by atoms with van der Waals surface area (Å²) in [4.78, 5) is 22.4. The van der Waals surface area contributed by atoms with E-state index in [0.717, 1.165) is 23.8 Å². The summed E-state index contributed by atoms with van der Waals surface area (Å²) in [6, 6.07) is 10.3. The third-order valence-corrected chi connectivity index (χ3v) is 5.75. The van der Waals surface area contributed by atoms with Crippen molar-refractivity contribution in [2.75, 3.05) is 5.73 Å². The molecule has 3 aromatic rings. The molecule has 10 nitrogen and oxygen atoms in total. The van der Waals surface area contributed by atoms with Crippen molar-refractivity contribution in [3.63, 3.8) is 0 Å². The summed E-state index contributed by atoms with van der Waals surface area (Å²) in [6.07, 6.45) is 0. The van der Waals surface area contributed by atoms with Gasteiger partial charge in [0.25, 0.3) is 15.7 Å². The first-order chi connectivity index (χ1) is 13.6. The molecule has 150 valence electrons. The molecule has 2 N–H and O–H groups in total. The van der Waals surface area contributed by atoms with Crippen LogP contribution in [0, 0.1) is 17.0 Å². The Morgan fingerprint density at radius 3 is 2.48 bits per heavy atom. The third-order valence-electron chi connectivity index (χ3n) is 3.81. The van der Waals surface area contributed by atoms with Gasteiger partial charge >= 0.3 is 5.97 Å². The van der Waals surface area contributed by atoms with E-state index < -0.39 is 26.8 Å². The van der Waals surface area contributed by atoms with Gasteiger partial charge in [0.15, 0.2) is 0 Å². The molecule has 2 aromatic carbocycles. The Labute approximate surface area is 169 Å². The third kappa shape index (κ3) is 4.05. The van der Waals surface area contributed by atoms with E-state index in [9.17, 15) is 23.3 Å². The molecule has 0 atom stereocenters. The van der Waals surface area contributed by atoms with Crippen LogP contribution in [-0.2, 0) is 10.0 Å². The maximum absolute atomic E-state index is 12.7. The molecule has 1 heterocycles. The van der Waals surface area contributed by atoms with Crippen molar-refractivity contribution in [3.8, 4) is 5.88 Å². The van der Waals surface area contributed by atoms with E-state index in [-0.39, 0.29) is 27.0 Å². The molecule has 0 fully saturated rings. The summed E-state index contributed by atoms with van der Waals surface area (Å²) in [5.74, 6) is -1.76. The van der Waals surface area contributed by atoms with Crippen LogP contribution in [0.2, 0.25) is 5.02 Å². The molecule has 0 amide bonds. The molecular formula is C17H13ClN4O6S. The number of nitro benzene ring substituents is 1. The predicted octanol–water partition coefficient (Wildman–Crippen LogP) is 2.79.